The molecule has 0 aliphatic heterocycles. The molecule has 5 heteroatoms. The molecule has 1 heterocycles. The number of nitrogens with two attached hydrogens (primary N) is 1. The molecule has 1 aromatic carbocycles. The van der Waals surface area contributed by atoms with E-state index in [0.29, 0.717) is 19.4 Å². The van der Waals surface area contributed by atoms with Crippen molar-refractivity contribution in [3.63, 3.8) is 0 Å². The van der Waals surface area contributed by atoms with Gasteiger partial charge in [0.2, 0.25) is 5.91 Å². The minimum atomic E-state index is -0.0874. The van der Waals surface area contributed by atoms with Crippen LogP contribution in [0.1, 0.15) is 24.4 Å². The molecule has 20 heavy (non-hydrogen) atoms. The van der Waals surface area contributed by atoms with E-state index < -0.39 is 0 Å². The lowest BCUT2D eigenvalue weighted by Crippen LogP contribution is -2.27. The molecule has 0 spiro atoms. The molecule has 0 saturated carbocycles. The zero-order valence-electron chi connectivity index (χ0n) is 11.4. The van der Waals surface area contributed by atoms with Gasteiger partial charge in [-0.05, 0) is 12.0 Å². The van der Waals surface area contributed by atoms with Crippen molar-refractivity contribution < 1.29 is 4.79 Å². The smallest absolute Gasteiger partial charge is 0.220 e. The second kappa shape index (κ2) is 7.45. The highest BCUT2D eigenvalue weighted by molar-refractivity contribution is 5.75. The van der Waals surface area contributed by atoms with E-state index >= 15 is 0 Å². The van der Waals surface area contributed by atoms with E-state index in [1.807, 2.05) is 41.1 Å². The van der Waals surface area contributed by atoms with Gasteiger partial charge in [0.1, 0.15) is 0 Å². The molecule has 0 saturated heterocycles. The lowest BCUT2D eigenvalue weighted by atomic mass is 10.0. The van der Waals surface area contributed by atoms with Crippen molar-refractivity contribution >= 4 is 5.91 Å². The first-order valence-corrected chi connectivity index (χ1v) is 6.78. The van der Waals surface area contributed by atoms with Crippen LogP contribution in [0.4, 0.5) is 0 Å². The van der Waals surface area contributed by atoms with Crippen molar-refractivity contribution in [1.29, 1.82) is 0 Å². The Labute approximate surface area is 118 Å². The third kappa shape index (κ3) is 4.51. The molecule has 1 atom stereocenters. The molecule has 1 amide bonds. The third-order valence-corrected chi connectivity index (χ3v) is 3.16. The lowest BCUT2D eigenvalue weighted by Gasteiger charge is -2.12. The maximum atomic E-state index is 11.7. The summed E-state index contributed by atoms with van der Waals surface area (Å²) in [5.41, 5.74) is 7.12. The maximum Gasteiger partial charge on any atom is 0.220 e. The van der Waals surface area contributed by atoms with E-state index in [4.69, 9.17) is 5.73 Å². The van der Waals surface area contributed by atoms with E-state index in [0.717, 1.165) is 12.1 Å². The summed E-state index contributed by atoms with van der Waals surface area (Å²) in [6.07, 6.45) is 6.43. The summed E-state index contributed by atoms with van der Waals surface area (Å²) in [4.78, 5) is 15.7. The van der Waals surface area contributed by atoms with Crippen molar-refractivity contribution in [2.75, 3.05) is 6.54 Å². The van der Waals surface area contributed by atoms with Gasteiger partial charge >= 0.3 is 0 Å². The Bertz CT molecular complexity index is 510. The van der Waals surface area contributed by atoms with Gasteiger partial charge in [0, 0.05) is 37.9 Å². The van der Waals surface area contributed by atoms with Gasteiger partial charge in [0.25, 0.3) is 0 Å². The van der Waals surface area contributed by atoms with Crippen LogP contribution in [0.25, 0.3) is 0 Å². The number of carbonyl (C=O) groups is 1. The second-order valence-electron chi connectivity index (χ2n) is 4.71. The normalized spacial score (nSPS) is 12.1. The quantitative estimate of drug-likeness (QED) is 0.802. The minimum absolute atomic E-state index is 0.0384. The number of rotatable bonds is 7. The van der Waals surface area contributed by atoms with Crippen LogP contribution in [-0.4, -0.2) is 22.0 Å². The molecule has 0 bridgehead atoms. The Morgan fingerprint density at radius 2 is 2.15 bits per heavy atom. The maximum absolute atomic E-state index is 11.7. The van der Waals surface area contributed by atoms with E-state index in [9.17, 15) is 4.79 Å². The van der Waals surface area contributed by atoms with Crippen LogP contribution in [0, 0.1) is 0 Å². The van der Waals surface area contributed by atoms with Gasteiger partial charge in [-0.3, -0.25) is 4.79 Å². The number of hydrogen-bond acceptors (Lipinski definition) is 3. The molecular weight excluding hydrogens is 252 g/mol. The average Bonchev–Trinajstić information content (AvgIpc) is 2.99. The number of imidazole rings is 1. The first kappa shape index (κ1) is 14.3. The van der Waals surface area contributed by atoms with E-state index in [2.05, 4.69) is 10.3 Å². The van der Waals surface area contributed by atoms with Gasteiger partial charge < -0.3 is 15.6 Å². The Hall–Kier alpha value is -2.14. The van der Waals surface area contributed by atoms with Crippen LogP contribution in [-0.2, 0) is 11.3 Å². The summed E-state index contributed by atoms with van der Waals surface area (Å²) < 4.78 is 1.93. The number of aromatic nitrogens is 2. The standard InChI is InChI=1S/C15H20N4O/c16-14(13-4-2-1-3-5-13)6-7-15(20)18-9-11-19-10-8-17-12-19/h1-5,8,10,12,14H,6-7,9,11,16H2,(H,18,20). The van der Waals surface area contributed by atoms with Crippen LogP contribution in [0.5, 0.6) is 0 Å². The number of hydrogen-bond donors (Lipinski definition) is 2. The molecule has 106 valence electrons. The number of carbonyl (C=O) groups excluding carboxylic acids is 1. The van der Waals surface area contributed by atoms with E-state index in [1.165, 1.54) is 0 Å². The monoisotopic (exact) mass is 272 g/mol. The molecule has 5 nitrogen and oxygen atoms in total. The minimum Gasteiger partial charge on any atom is -0.354 e. The van der Waals surface area contributed by atoms with Crippen LogP contribution < -0.4 is 11.1 Å². The predicted octanol–water partition coefficient (Wildman–Crippen LogP) is 1.48. The fourth-order valence-electron chi connectivity index (χ4n) is 1.99. The summed E-state index contributed by atoms with van der Waals surface area (Å²) in [6.45, 7) is 1.34. The topological polar surface area (TPSA) is 72.9 Å². The summed E-state index contributed by atoms with van der Waals surface area (Å²) in [7, 11) is 0. The van der Waals surface area contributed by atoms with Crippen molar-refractivity contribution in [1.82, 2.24) is 14.9 Å². The number of nitrogens with zero attached hydrogens (tertiary/aromatic N) is 2. The van der Waals surface area contributed by atoms with Crippen molar-refractivity contribution in [3.8, 4) is 0 Å². The van der Waals surface area contributed by atoms with Crippen LogP contribution in [0.15, 0.2) is 49.1 Å². The van der Waals surface area contributed by atoms with Crippen molar-refractivity contribution in [2.45, 2.75) is 25.4 Å². The van der Waals surface area contributed by atoms with Gasteiger partial charge in [-0.2, -0.15) is 0 Å². The Morgan fingerprint density at radius 1 is 1.35 bits per heavy atom. The largest absolute Gasteiger partial charge is 0.354 e. The number of benzene rings is 1. The second-order valence-corrected chi connectivity index (χ2v) is 4.71. The van der Waals surface area contributed by atoms with Gasteiger partial charge in [0.05, 0.1) is 6.33 Å². The van der Waals surface area contributed by atoms with Gasteiger partial charge in [-0.25, -0.2) is 4.98 Å². The molecule has 0 aliphatic rings. The molecule has 3 N–H and O–H groups in total. The van der Waals surface area contributed by atoms with Crippen molar-refractivity contribution in [2.24, 2.45) is 5.73 Å². The first-order valence-electron chi connectivity index (χ1n) is 6.78. The van der Waals surface area contributed by atoms with Crippen LogP contribution >= 0.6 is 0 Å². The summed E-state index contributed by atoms with van der Waals surface area (Å²) >= 11 is 0. The molecule has 0 fully saturated rings. The molecule has 2 aromatic rings. The Kier molecular flexibility index (Phi) is 5.32. The van der Waals surface area contributed by atoms with Gasteiger partial charge in [-0.1, -0.05) is 30.3 Å². The van der Waals surface area contributed by atoms with E-state index in [1.54, 1.807) is 12.5 Å². The summed E-state index contributed by atoms with van der Waals surface area (Å²) in [5, 5.41) is 2.88. The predicted molar refractivity (Wildman–Crippen MR) is 77.8 cm³/mol. The fourth-order valence-corrected chi connectivity index (χ4v) is 1.99. The van der Waals surface area contributed by atoms with Gasteiger partial charge in [-0.15, -0.1) is 0 Å². The molecule has 1 unspecified atom stereocenters. The van der Waals surface area contributed by atoms with Crippen molar-refractivity contribution in [3.05, 3.63) is 54.6 Å². The Balaban J connectivity index is 1.65. The lowest BCUT2D eigenvalue weighted by molar-refractivity contribution is -0.121. The highest BCUT2D eigenvalue weighted by atomic mass is 16.1. The first-order chi connectivity index (χ1) is 9.75. The number of amides is 1. The van der Waals surface area contributed by atoms with Gasteiger partial charge in [0.15, 0.2) is 0 Å². The highest BCUT2D eigenvalue weighted by Gasteiger charge is 2.08. The molecule has 0 radical (unpaired) electrons. The zero-order valence-corrected chi connectivity index (χ0v) is 11.4. The van der Waals surface area contributed by atoms with Crippen LogP contribution in [0.3, 0.4) is 0 Å². The van der Waals surface area contributed by atoms with E-state index in [-0.39, 0.29) is 11.9 Å². The fraction of sp³-hybridized carbons (Fsp3) is 0.333. The average molecular weight is 272 g/mol. The third-order valence-electron chi connectivity index (χ3n) is 3.16. The molecular formula is C15H20N4O. The molecule has 0 aliphatic carbocycles. The zero-order chi connectivity index (χ0) is 14.2. The van der Waals surface area contributed by atoms with Crippen LogP contribution in [0.2, 0.25) is 0 Å². The summed E-state index contributed by atoms with van der Waals surface area (Å²) in [6, 6.07) is 9.76. The molecule has 2 rings (SSSR count). The summed E-state index contributed by atoms with van der Waals surface area (Å²) in [5.74, 6) is 0.0384. The SMILES string of the molecule is NC(CCC(=O)NCCn1ccnc1)c1ccccc1. The highest BCUT2D eigenvalue weighted by Crippen LogP contribution is 2.14. The number of nitrogens with one attached hydrogen (secondary N) is 1. The molecule has 1 aromatic heterocycles. The Morgan fingerprint density at radius 3 is 2.85 bits per heavy atom.